The Morgan fingerprint density at radius 3 is 2.56 bits per heavy atom. The molecule has 0 saturated carbocycles. The van der Waals surface area contributed by atoms with Crippen LogP contribution in [-0.4, -0.2) is 25.0 Å². The SMILES string of the molecule is CCONC(=O)CNC(=O)c1ccc(C)c(C)c1. The summed E-state index contributed by atoms with van der Waals surface area (Å²) < 4.78 is 0. The van der Waals surface area contributed by atoms with Gasteiger partial charge >= 0.3 is 0 Å². The zero-order valence-corrected chi connectivity index (χ0v) is 10.9. The number of hydroxylamine groups is 1. The van der Waals surface area contributed by atoms with Crippen LogP contribution in [0.4, 0.5) is 0 Å². The maximum Gasteiger partial charge on any atom is 0.262 e. The van der Waals surface area contributed by atoms with Crippen molar-refractivity contribution >= 4 is 11.8 Å². The molecule has 0 aliphatic heterocycles. The van der Waals surface area contributed by atoms with Gasteiger partial charge in [-0.3, -0.25) is 14.4 Å². The number of benzene rings is 1. The van der Waals surface area contributed by atoms with Crippen LogP contribution in [0.25, 0.3) is 0 Å². The first kappa shape index (κ1) is 14.2. The zero-order valence-electron chi connectivity index (χ0n) is 10.9. The van der Waals surface area contributed by atoms with Gasteiger partial charge in [-0.25, -0.2) is 5.48 Å². The van der Waals surface area contributed by atoms with Crippen molar-refractivity contribution in [1.82, 2.24) is 10.8 Å². The summed E-state index contributed by atoms with van der Waals surface area (Å²) in [5, 5.41) is 2.52. The Balaban J connectivity index is 2.50. The van der Waals surface area contributed by atoms with E-state index in [2.05, 4.69) is 10.8 Å². The molecule has 0 saturated heterocycles. The Morgan fingerprint density at radius 2 is 1.94 bits per heavy atom. The van der Waals surface area contributed by atoms with Gasteiger partial charge in [0.25, 0.3) is 11.8 Å². The van der Waals surface area contributed by atoms with Crippen LogP contribution in [0.3, 0.4) is 0 Å². The van der Waals surface area contributed by atoms with Crippen LogP contribution in [-0.2, 0) is 9.63 Å². The normalized spacial score (nSPS) is 9.94. The molecule has 0 aliphatic carbocycles. The fourth-order valence-electron chi connectivity index (χ4n) is 1.33. The minimum atomic E-state index is -0.381. The maximum atomic E-state index is 11.8. The molecule has 0 atom stereocenters. The molecule has 0 radical (unpaired) electrons. The van der Waals surface area contributed by atoms with Crippen LogP contribution in [0.2, 0.25) is 0 Å². The fourth-order valence-corrected chi connectivity index (χ4v) is 1.33. The highest BCUT2D eigenvalue weighted by atomic mass is 16.6. The number of hydrogen-bond donors (Lipinski definition) is 2. The van der Waals surface area contributed by atoms with Gasteiger partial charge in [-0.1, -0.05) is 6.07 Å². The van der Waals surface area contributed by atoms with Gasteiger partial charge < -0.3 is 5.32 Å². The summed E-state index contributed by atoms with van der Waals surface area (Å²) in [5.41, 5.74) is 4.92. The first-order valence-corrected chi connectivity index (χ1v) is 5.80. The van der Waals surface area contributed by atoms with Crippen molar-refractivity contribution in [1.29, 1.82) is 0 Å². The average Bonchev–Trinajstić information content (AvgIpc) is 2.36. The molecule has 0 unspecified atom stereocenters. The monoisotopic (exact) mass is 250 g/mol. The van der Waals surface area contributed by atoms with Crippen LogP contribution in [0.15, 0.2) is 18.2 Å². The number of rotatable bonds is 5. The van der Waals surface area contributed by atoms with Crippen molar-refractivity contribution in [3.05, 3.63) is 34.9 Å². The van der Waals surface area contributed by atoms with E-state index in [0.29, 0.717) is 12.2 Å². The van der Waals surface area contributed by atoms with Gasteiger partial charge in [-0.15, -0.1) is 0 Å². The number of carbonyl (C=O) groups excluding carboxylic acids is 2. The molecule has 18 heavy (non-hydrogen) atoms. The minimum Gasteiger partial charge on any atom is -0.343 e. The van der Waals surface area contributed by atoms with Crippen molar-refractivity contribution in [2.75, 3.05) is 13.2 Å². The van der Waals surface area contributed by atoms with Gasteiger partial charge in [0.15, 0.2) is 0 Å². The first-order valence-electron chi connectivity index (χ1n) is 5.80. The number of aryl methyl sites for hydroxylation is 2. The van der Waals surface area contributed by atoms with E-state index in [0.717, 1.165) is 11.1 Å². The molecule has 1 aromatic carbocycles. The van der Waals surface area contributed by atoms with Gasteiger partial charge in [0.1, 0.15) is 0 Å². The smallest absolute Gasteiger partial charge is 0.262 e. The van der Waals surface area contributed by atoms with Crippen LogP contribution in [0, 0.1) is 13.8 Å². The van der Waals surface area contributed by atoms with Crippen molar-refractivity contribution in [2.24, 2.45) is 0 Å². The molecule has 5 heteroatoms. The molecule has 0 bridgehead atoms. The summed E-state index contributed by atoms with van der Waals surface area (Å²) in [6.07, 6.45) is 0. The molecule has 0 heterocycles. The van der Waals surface area contributed by atoms with E-state index in [9.17, 15) is 9.59 Å². The zero-order chi connectivity index (χ0) is 13.5. The Hall–Kier alpha value is -1.88. The van der Waals surface area contributed by atoms with Gasteiger partial charge in [0, 0.05) is 5.56 Å². The molecule has 5 nitrogen and oxygen atoms in total. The van der Waals surface area contributed by atoms with Crippen molar-refractivity contribution in [3.63, 3.8) is 0 Å². The van der Waals surface area contributed by atoms with Crippen molar-refractivity contribution < 1.29 is 14.4 Å². The van der Waals surface area contributed by atoms with E-state index in [4.69, 9.17) is 4.84 Å². The lowest BCUT2D eigenvalue weighted by atomic mass is 10.1. The largest absolute Gasteiger partial charge is 0.343 e. The minimum absolute atomic E-state index is 0.105. The second kappa shape index (κ2) is 6.76. The number of hydrogen-bond acceptors (Lipinski definition) is 3. The lowest BCUT2D eigenvalue weighted by molar-refractivity contribution is -0.132. The number of amides is 2. The highest BCUT2D eigenvalue weighted by molar-refractivity contribution is 5.96. The Bertz CT molecular complexity index is 444. The van der Waals surface area contributed by atoms with Crippen LogP contribution in [0.5, 0.6) is 0 Å². The van der Waals surface area contributed by atoms with E-state index < -0.39 is 0 Å². The first-order chi connectivity index (χ1) is 8.54. The summed E-state index contributed by atoms with van der Waals surface area (Å²) in [5.74, 6) is -0.654. The average molecular weight is 250 g/mol. The highest BCUT2D eigenvalue weighted by Crippen LogP contribution is 2.09. The molecular weight excluding hydrogens is 232 g/mol. The van der Waals surface area contributed by atoms with Gasteiger partial charge in [-0.05, 0) is 44.0 Å². The summed E-state index contributed by atoms with van der Waals surface area (Å²) in [4.78, 5) is 27.7. The molecule has 0 aromatic heterocycles. The molecule has 0 fully saturated rings. The van der Waals surface area contributed by atoms with Gasteiger partial charge in [-0.2, -0.15) is 0 Å². The fraction of sp³-hybridized carbons (Fsp3) is 0.385. The molecule has 2 N–H and O–H groups in total. The third-order valence-electron chi connectivity index (χ3n) is 2.51. The summed E-state index contributed by atoms with van der Waals surface area (Å²) in [6.45, 7) is 5.96. The van der Waals surface area contributed by atoms with Crippen LogP contribution >= 0.6 is 0 Å². The lowest BCUT2D eigenvalue weighted by Crippen LogP contribution is -2.36. The van der Waals surface area contributed by atoms with Gasteiger partial charge in [0.2, 0.25) is 0 Å². The molecule has 1 aromatic rings. The molecule has 1 rings (SSSR count). The second-order valence-corrected chi connectivity index (χ2v) is 3.94. The summed E-state index contributed by atoms with van der Waals surface area (Å²) >= 11 is 0. The Labute approximate surface area is 106 Å². The van der Waals surface area contributed by atoms with Crippen molar-refractivity contribution in [2.45, 2.75) is 20.8 Å². The van der Waals surface area contributed by atoms with E-state index in [1.165, 1.54) is 0 Å². The molecule has 0 aliphatic rings. The Kier molecular flexibility index (Phi) is 5.32. The quantitative estimate of drug-likeness (QED) is 0.769. The third kappa shape index (κ3) is 4.18. The van der Waals surface area contributed by atoms with Gasteiger partial charge in [0.05, 0.1) is 13.2 Å². The van der Waals surface area contributed by atoms with Crippen LogP contribution < -0.4 is 10.8 Å². The van der Waals surface area contributed by atoms with Crippen LogP contribution in [0.1, 0.15) is 28.4 Å². The maximum absolute atomic E-state index is 11.8. The second-order valence-electron chi connectivity index (χ2n) is 3.94. The number of nitrogens with one attached hydrogen (secondary N) is 2. The molecule has 0 spiro atoms. The Morgan fingerprint density at radius 1 is 1.22 bits per heavy atom. The molecule has 2 amide bonds. The van der Waals surface area contributed by atoms with E-state index in [1.807, 2.05) is 19.9 Å². The van der Waals surface area contributed by atoms with E-state index >= 15 is 0 Å². The topological polar surface area (TPSA) is 67.4 Å². The number of carbonyl (C=O) groups is 2. The predicted octanol–water partition coefficient (Wildman–Crippen LogP) is 1.10. The molecular formula is C13H18N2O3. The lowest BCUT2D eigenvalue weighted by Gasteiger charge is -2.07. The third-order valence-corrected chi connectivity index (χ3v) is 2.51. The van der Waals surface area contributed by atoms with Crippen molar-refractivity contribution in [3.8, 4) is 0 Å². The summed E-state index contributed by atoms with van der Waals surface area (Å²) in [7, 11) is 0. The standard InChI is InChI=1S/C13H18N2O3/c1-4-18-15-12(16)8-14-13(17)11-6-5-9(2)10(3)7-11/h5-7H,4,8H2,1-3H3,(H,14,17)(H,15,16). The summed E-state index contributed by atoms with van der Waals surface area (Å²) in [6, 6.07) is 5.41. The highest BCUT2D eigenvalue weighted by Gasteiger charge is 2.08. The molecule has 98 valence electrons. The van der Waals surface area contributed by atoms with E-state index in [1.54, 1.807) is 19.1 Å². The predicted molar refractivity (Wildman–Crippen MR) is 68.0 cm³/mol. The van der Waals surface area contributed by atoms with E-state index in [-0.39, 0.29) is 18.4 Å².